The monoisotopic (exact) mass is 309 g/mol. The van der Waals surface area contributed by atoms with Crippen LogP contribution in [0.5, 0.6) is 0 Å². The van der Waals surface area contributed by atoms with E-state index in [1.807, 2.05) is 0 Å². The number of aryl methyl sites for hydroxylation is 1. The van der Waals surface area contributed by atoms with E-state index in [1.54, 1.807) is 31.2 Å². The van der Waals surface area contributed by atoms with E-state index in [4.69, 9.17) is 5.11 Å². The van der Waals surface area contributed by atoms with Gasteiger partial charge in [-0.1, -0.05) is 30.3 Å². The van der Waals surface area contributed by atoms with E-state index < -0.39 is 15.8 Å². The Morgan fingerprint density at radius 1 is 1.10 bits per heavy atom. The van der Waals surface area contributed by atoms with Gasteiger partial charge in [-0.15, -0.1) is 0 Å². The van der Waals surface area contributed by atoms with E-state index >= 15 is 0 Å². The second-order valence-electron chi connectivity index (χ2n) is 4.80. The number of sulfonamides is 1. The van der Waals surface area contributed by atoms with Crippen LogP contribution in [0.2, 0.25) is 0 Å². The molecule has 21 heavy (non-hydrogen) atoms. The van der Waals surface area contributed by atoms with Crippen molar-refractivity contribution in [1.29, 1.82) is 0 Å². The quantitative estimate of drug-likeness (QED) is 0.892. The number of aliphatic hydroxyl groups is 1. The van der Waals surface area contributed by atoms with Gasteiger partial charge >= 0.3 is 0 Å². The zero-order valence-corrected chi connectivity index (χ0v) is 12.3. The molecule has 2 rings (SSSR count). The zero-order valence-electron chi connectivity index (χ0n) is 11.5. The van der Waals surface area contributed by atoms with Crippen LogP contribution >= 0.6 is 0 Å². The summed E-state index contributed by atoms with van der Waals surface area (Å²) in [7, 11) is -3.62. The van der Waals surface area contributed by atoms with Crippen molar-refractivity contribution in [2.45, 2.75) is 19.3 Å². The van der Waals surface area contributed by atoms with Crippen LogP contribution in [-0.2, 0) is 22.4 Å². The third-order valence-electron chi connectivity index (χ3n) is 3.01. The highest BCUT2D eigenvalue weighted by Gasteiger charge is 2.12. The van der Waals surface area contributed by atoms with Crippen LogP contribution in [-0.4, -0.2) is 13.5 Å². The highest BCUT2D eigenvalue weighted by Crippen LogP contribution is 2.17. The predicted molar refractivity (Wildman–Crippen MR) is 79.7 cm³/mol. The molecule has 2 N–H and O–H groups in total. The summed E-state index contributed by atoms with van der Waals surface area (Å²) in [5.74, 6) is -0.670. The number of anilines is 1. The minimum Gasteiger partial charge on any atom is -0.392 e. The van der Waals surface area contributed by atoms with Crippen LogP contribution in [0.15, 0.2) is 42.5 Å². The number of nitrogens with one attached hydrogen (secondary N) is 1. The van der Waals surface area contributed by atoms with E-state index in [9.17, 15) is 12.8 Å². The zero-order chi connectivity index (χ0) is 15.5. The molecule has 0 saturated heterocycles. The molecular weight excluding hydrogens is 293 g/mol. The number of halogens is 1. The number of rotatable bonds is 5. The standard InChI is InChI=1S/C15H16FNO3S/c1-11-2-7-14(8-15(11)16)17-21(19,20)10-13-5-3-12(9-18)4-6-13/h2-8,17-18H,9-10H2,1H3. The molecule has 2 aromatic rings. The highest BCUT2D eigenvalue weighted by molar-refractivity contribution is 7.91. The lowest BCUT2D eigenvalue weighted by Gasteiger charge is -2.09. The van der Waals surface area contributed by atoms with Crippen LogP contribution in [0.3, 0.4) is 0 Å². The van der Waals surface area contributed by atoms with Gasteiger partial charge in [-0.2, -0.15) is 0 Å². The third-order valence-corrected chi connectivity index (χ3v) is 4.27. The Morgan fingerprint density at radius 2 is 1.71 bits per heavy atom. The van der Waals surface area contributed by atoms with Gasteiger partial charge in [0, 0.05) is 0 Å². The highest BCUT2D eigenvalue weighted by atomic mass is 32.2. The largest absolute Gasteiger partial charge is 0.392 e. The summed E-state index contributed by atoms with van der Waals surface area (Å²) in [5, 5.41) is 8.94. The molecule has 0 spiro atoms. The summed E-state index contributed by atoms with van der Waals surface area (Å²) in [6.07, 6.45) is 0. The molecule has 0 aliphatic rings. The first-order valence-corrected chi connectivity index (χ1v) is 8.00. The van der Waals surface area contributed by atoms with Gasteiger partial charge in [0.1, 0.15) is 5.82 Å². The summed E-state index contributed by atoms with van der Waals surface area (Å²) in [5.41, 5.74) is 1.96. The molecule has 0 bridgehead atoms. The lowest BCUT2D eigenvalue weighted by Crippen LogP contribution is -2.15. The van der Waals surface area contributed by atoms with Crippen molar-refractivity contribution in [3.8, 4) is 0 Å². The summed E-state index contributed by atoms with van der Waals surface area (Å²) in [4.78, 5) is 0. The number of aliphatic hydroxyl groups excluding tert-OH is 1. The van der Waals surface area contributed by atoms with Crippen LogP contribution < -0.4 is 4.72 Å². The SMILES string of the molecule is Cc1ccc(NS(=O)(=O)Cc2ccc(CO)cc2)cc1F. The Hall–Kier alpha value is -1.92. The minimum absolute atomic E-state index is 0.0894. The van der Waals surface area contributed by atoms with Crippen molar-refractivity contribution < 1.29 is 17.9 Å². The number of hydrogen-bond acceptors (Lipinski definition) is 3. The Kier molecular flexibility index (Phi) is 4.59. The van der Waals surface area contributed by atoms with Crippen molar-refractivity contribution >= 4 is 15.7 Å². The van der Waals surface area contributed by atoms with Crippen LogP contribution in [0.4, 0.5) is 10.1 Å². The smallest absolute Gasteiger partial charge is 0.236 e. The molecule has 0 fully saturated rings. The number of hydrogen-bond donors (Lipinski definition) is 2. The summed E-state index contributed by atoms with van der Waals surface area (Å²) >= 11 is 0. The molecule has 6 heteroatoms. The second-order valence-corrected chi connectivity index (χ2v) is 6.52. The molecule has 0 aliphatic carbocycles. The molecule has 0 aromatic heterocycles. The molecule has 0 atom stereocenters. The lowest BCUT2D eigenvalue weighted by molar-refractivity contribution is 0.282. The molecule has 4 nitrogen and oxygen atoms in total. The fourth-order valence-corrected chi connectivity index (χ4v) is 3.02. The molecule has 0 heterocycles. The van der Waals surface area contributed by atoms with Crippen molar-refractivity contribution in [3.05, 3.63) is 65.0 Å². The Morgan fingerprint density at radius 3 is 2.29 bits per heavy atom. The average molecular weight is 309 g/mol. The molecule has 0 saturated carbocycles. The topological polar surface area (TPSA) is 66.4 Å². The van der Waals surface area contributed by atoms with Crippen LogP contribution in [0.25, 0.3) is 0 Å². The van der Waals surface area contributed by atoms with Gasteiger partial charge in [0.15, 0.2) is 0 Å². The van der Waals surface area contributed by atoms with E-state index in [0.717, 1.165) is 6.07 Å². The van der Waals surface area contributed by atoms with Crippen LogP contribution in [0.1, 0.15) is 16.7 Å². The lowest BCUT2D eigenvalue weighted by atomic mass is 10.2. The first-order valence-electron chi connectivity index (χ1n) is 6.35. The molecular formula is C15H16FNO3S. The van der Waals surface area contributed by atoms with E-state index in [0.29, 0.717) is 16.7 Å². The third kappa shape index (κ3) is 4.27. The first kappa shape index (κ1) is 15.5. The summed E-state index contributed by atoms with van der Waals surface area (Å²) < 4.78 is 39.8. The molecule has 2 aromatic carbocycles. The maximum Gasteiger partial charge on any atom is 0.236 e. The van der Waals surface area contributed by atoms with Gasteiger partial charge in [-0.05, 0) is 35.7 Å². The molecule has 0 aliphatic heterocycles. The minimum atomic E-state index is -3.62. The fourth-order valence-electron chi connectivity index (χ4n) is 1.83. The molecule has 0 amide bonds. The molecule has 0 radical (unpaired) electrons. The van der Waals surface area contributed by atoms with E-state index in [-0.39, 0.29) is 18.0 Å². The van der Waals surface area contributed by atoms with Gasteiger partial charge in [0.05, 0.1) is 18.0 Å². The number of benzene rings is 2. The van der Waals surface area contributed by atoms with Crippen molar-refractivity contribution in [3.63, 3.8) is 0 Å². The van der Waals surface area contributed by atoms with Gasteiger partial charge in [-0.25, -0.2) is 12.8 Å². The van der Waals surface area contributed by atoms with Gasteiger partial charge in [0.25, 0.3) is 0 Å². The Bertz CT molecular complexity index is 727. The van der Waals surface area contributed by atoms with E-state index in [1.165, 1.54) is 12.1 Å². The van der Waals surface area contributed by atoms with Crippen molar-refractivity contribution in [2.24, 2.45) is 0 Å². The van der Waals surface area contributed by atoms with E-state index in [2.05, 4.69) is 4.72 Å². The normalized spacial score (nSPS) is 11.4. The van der Waals surface area contributed by atoms with Crippen LogP contribution in [0, 0.1) is 12.7 Å². The maximum atomic E-state index is 13.4. The molecule has 112 valence electrons. The second kappa shape index (κ2) is 6.24. The van der Waals surface area contributed by atoms with Crippen molar-refractivity contribution in [1.82, 2.24) is 0 Å². The first-order chi connectivity index (χ1) is 9.89. The fraction of sp³-hybridized carbons (Fsp3) is 0.200. The van der Waals surface area contributed by atoms with Gasteiger partial charge < -0.3 is 5.11 Å². The Labute approximate surface area is 123 Å². The Balaban J connectivity index is 2.12. The van der Waals surface area contributed by atoms with Gasteiger partial charge in [0.2, 0.25) is 10.0 Å². The summed E-state index contributed by atoms with van der Waals surface area (Å²) in [6, 6.07) is 10.8. The molecule has 0 unspecified atom stereocenters. The van der Waals surface area contributed by atoms with Crippen molar-refractivity contribution in [2.75, 3.05) is 4.72 Å². The average Bonchev–Trinajstić information content (AvgIpc) is 2.43. The van der Waals surface area contributed by atoms with Gasteiger partial charge in [-0.3, -0.25) is 4.72 Å². The predicted octanol–water partition coefficient (Wildman–Crippen LogP) is 2.57. The summed E-state index contributed by atoms with van der Waals surface area (Å²) in [6.45, 7) is 1.52. The maximum absolute atomic E-state index is 13.4.